The van der Waals surface area contributed by atoms with Crippen LogP contribution in [-0.2, 0) is 0 Å². The molecule has 0 spiro atoms. The quantitative estimate of drug-likeness (QED) is 0.317. The molecule has 3 aromatic carbocycles. The van der Waals surface area contributed by atoms with Crippen molar-refractivity contribution in [3.05, 3.63) is 84.2 Å². The first-order valence-corrected chi connectivity index (χ1v) is 11.2. The number of rotatable bonds is 7. The summed E-state index contributed by atoms with van der Waals surface area (Å²) in [5, 5.41) is 19.3. The fraction of sp³-hybridized carbons (Fsp3) is 0.148. The van der Waals surface area contributed by atoms with Gasteiger partial charge in [-0.2, -0.15) is 5.10 Å². The minimum atomic E-state index is -0.509. The van der Waals surface area contributed by atoms with Crippen LogP contribution < -0.4 is 11.1 Å². The summed E-state index contributed by atoms with van der Waals surface area (Å²) in [6.07, 6.45) is 2.47. The second-order valence-corrected chi connectivity index (χ2v) is 8.21. The van der Waals surface area contributed by atoms with E-state index in [2.05, 4.69) is 28.5 Å². The number of benzene rings is 3. The van der Waals surface area contributed by atoms with Crippen LogP contribution in [0.3, 0.4) is 0 Å². The SMILES string of the molecule is Cc1nn(-c2ccc(C(N)=O)c(NCCCO)c2)c2cccc(-c3cnc4ccccc4c3)c12. The number of anilines is 1. The number of aliphatic hydroxyl groups is 1. The first-order chi connectivity index (χ1) is 16.6. The van der Waals surface area contributed by atoms with Gasteiger partial charge in [0.2, 0.25) is 0 Å². The minimum absolute atomic E-state index is 0.0635. The Morgan fingerprint density at radius 1 is 1.09 bits per heavy atom. The Morgan fingerprint density at radius 3 is 2.76 bits per heavy atom. The highest BCUT2D eigenvalue weighted by Crippen LogP contribution is 2.33. The van der Waals surface area contributed by atoms with Gasteiger partial charge in [-0.1, -0.05) is 30.3 Å². The summed E-state index contributed by atoms with van der Waals surface area (Å²) in [4.78, 5) is 16.6. The summed E-state index contributed by atoms with van der Waals surface area (Å²) < 4.78 is 1.88. The molecule has 0 aliphatic heterocycles. The molecule has 2 aromatic heterocycles. The molecule has 0 atom stereocenters. The van der Waals surface area contributed by atoms with Crippen molar-refractivity contribution in [3.8, 4) is 16.8 Å². The number of amides is 1. The van der Waals surface area contributed by atoms with E-state index in [1.807, 2.05) is 60.3 Å². The monoisotopic (exact) mass is 451 g/mol. The van der Waals surface area contributed by atoms with Gasteiger partial charge in [-0.3, -0.25) is 9.78 Å². The van der Waals surface area contributed by atoms with Gasteiger partial charge >= 0.3 is 0 Å². The van der Waals surface area contributed by atoms with Crippen molar-refractivity contribution in [2.45, 2.75) is 13.3 Å². The third kappa shape index (κ3) is 3.86. The number of fused-ring (bicyclic) bond motifs is 2. The molecule has 1 amide bonds. The fourth-order valence-corrected chi connectivity index (χ4v) is 4.33. The molecule has 0 unspecified atom stereocenters. The van der Waals surface area contributed by atoms with E-state index in [0.717, 1.165) is 44.3 Å². The van der Waals surface area contributed by atoms with Gasteiger partial charge in [-0.15, -0.1) is 0 Å². The number of nitrogens with two attached hydrogens (primary N) is 1. The molecule has 7 heteroatoms. The molecule has 0 aliphatic carbocycles. The van der Waals surface area contributed by atoms with Crippen molar-refractivity contribution in [2.24, 2.45) is 5.73 Å². The molecule has 4 N–H and O–H groups in total. The van der Waals surface area contributed by atoms with Gasteiger partial charge in [0.1, 0.15) is 0 Å². The van der Waals surface area contributed by atoms with Gasteiger partial charge in [0.15, 0.2) is 0 Å². The van der Waals surface area contributed by atoms with Gasteiger partial charge in [-0.05, 0) is 55.3 Å². The number of aliphatic hydroxyl groups excluding tert-OH is 1. The second-order valence-electron chi connectivity index (χ2n) is 8.21. The topological polar surface area (TPSA) is 106 Å². The average molecular weight is 452 g/mol. The normalized spacial score (nSPS) is 11.2. The van der Waals surface area contributed by atoms with Gasteiger partial charge in [-0.25, -0.2) is 4.68 Å². The van der Waals surface area contributed by atoms with Crippen molar-refractivity contribution < 1.29 is 9.90 Å². The molecule has 170 valence electrons. The highest BCUT2D eigenvalue weighted by Gasteiger charge is 2.16. The number of aryl methyl sites for hydroxylation is 1. The number of para-hydroxylation sites is 1. The van der Waals surface area contributed by atoms with E-state index in [-0.39, 0.29) is 6.61 Å². The number of nitrogens with one attached hydrogen (secondary N) is 1. The highest BCUT2D eigenvalue weighted by atomic mass is 16.3. The van der Waals surface area contributed by atoms with E-state index in [1.165, 1.54) is 0 Å². The smallest absolute Gasteiger partial charge is 0.250 e. The van der Waals surface area contributed by atoms with Crippen LogP contribution in [-0.4, -0.2) is 38.9 Å². The van der Waals surface area contributed by atoms with E-state index in [0.29, 0.717) is 24.2 Å². The lowest BCUT2D eigenvalue weighted by Crippen LogP contribution is -2.16. The van der Waals surface area contributed by atoms with E-state index < -0.39 is 5.91 Å². The Balaban J connectivity index is 1.63. The largest absolute Gasteiger partial charge is 0.396 e. The Labute approximate surface area is 196 Å². The lowest BCUT2D eigenvalue weighted by molar-refractivity contribution is 0.100. The molecule has 0 aliphatic rings. The number of hydrogen-bond acceptors (Lipinski definition) is 5. The van der Waals surface area contributed by atoms with Crippen LogP contribution in [0.25, 0.3) is 38.6 Å². The maximum atomic E-state index is 11.9. The van der Waals surface area contributed by atoms with Gasteiger partial charge < -0.3 is 16.2 Å². The Hall–Kier alpha value is -4.23. The molecule has 2 heterocycles. The fourth-order valence-electron chi connectivity index (χ4n) is 4.33. The number of pyridine rings is 1. The Morgan fingerprint density at radius 2 is 1.94 bits per heavy atom. The molecule has 0 fully saturated rings. The van der Waals surface area contributed by atoms with E-state index in [4.69, 9.17) is 15.9 Å². The molecular weight excluding hydrogens is 426 g/mol. The van der Waals surface area contributed by atoms with Crippen molar-refractivity contribution in [1.82, 2.24) is 14.8 Å². The van der Waals surface area contributed by atoms with Crippen molar-refractivity contribution in [2.75, 3.05) is 18.5 Å². The Bertz CT molecular complexity index is 1520. The number of aromatic nitrogens is 3. The zero-order valence-electron chi connectivity index (χ0n) is 18.8. The molecule has 34 heavy (non-hydrogen) atoms. The molecule has 5 rings (SSSR count). The van der Waals surface area contributed by atoms with Crippen LogP contribution >= 0.6 is 0 Å². The third-order valence-electron chi connectivity index (χ3n) is 5.95. The predicted molar refractivity (Wildman–Crippen MR) is 135 cm³/mol. The van der Waals surface area contributed by atoms with Crippen LogP contribution in [0.5, 0.6) is 0 Å². The summed E-state index contributed by atoms with van der Waals surface area (Å²) in [5.74, 6) is -0.509. The van der Waals surface area contributed by atoms with E-state index >= 15 is 0 Å². The number of hydrogen-bond donors (Lipinski definition) is 3. The highest BCUT2D eigenvalue weighted by molar-refractivity contribution is 6.00. The van der Waals surface area contributed by atoms with E-state index in [1.54, 1.807) is 6.07 Å². The average Bonchev–Trinajstić information content (AvgIpc) is 3.20. The summed E-state index contributed by atoms with van der Waals surface area (Å²) >= 11 is 0. The zero-order valence-corrected chi connectivity index (χ0v) is 18.8. The van der Waals surface area contributed by atoms with Crippen LogP contribution in [0, 0.1) is 6.92 Å². The van der Waals surface area contributed by atoms with Crippen molar-refractivity contribution in [1.29, 1.82) is 0 Å². The van der Waals surface area contributed by atoms with Crippen LogP contribution in [0.1, 0.15) is 22.5 Å². The first kappa shape index (κ1) is 21.6. The first-order valence-electron chi connectivity index (χ1n) is 11.2. The predicted octanol–water partition coefficient (Wildman–Crippen LogP) is 4.44. The number of carbonyl (C=O) groups is 1. The molecule has 0 saturated heterocycles. The van der Waals surface area contributed by atoms with Crippen molar-refractivity contribution >= 4 is 33.4 Å². The van der Waals surface area contributed by atoms with Crippen LogP contribution in [0.15, 0.2) is 72.9 Å². The van der Waals surface area contributed by atoms with Gasteiger partial charge in [0.25, 0.3) is 5.91 Å². The molecule has 7 nitrogen and oxygen atoms in total. The molecule has 0 saturated carbocycles. The summed E-state index contributed by atoms with van der Waals surface area (Å²) in [7, 11) is 0. The lowest BCUT2D eigenvalue weighted by atomic mass is 10.0. The third-order valence-corrected chi connectivity index (χ3v) is 5.95. The van der Waals surface area contributed by atoms with Crippen LogP contribution in [0.4, 0.5) is 5.69 Å². The van der Waals surface area contributed by atoms with Gasteiger partial charge in [0.05, 0.1) is 28.0 Å². The standard InChI is InChI=1S/C27H25N5O2/c1-17-26-21(19-14-18-6-2-3-8-23(18)30-16-19)7-4-9-25(26)32(31-17)20-10-11-22(27(28)34)24(15-20)29-12-5-13-33/h2-4,6-11,14-16,29,33H,5,12-13H2,1H3,(H2,28,34). The molecule has 0 radical (unpaired) electrons. The lowest BCUT2D eigenvalue weighted by Gasteiger charge is -2.13. The number of carbonyl (C=O) groups excluding carboxylic acids is 1. The molecule has 0 bridgehead atoms. The second kappa shape index (κ2) is 8.96. The number of nitrogens with zero attached hydrogens (tertiary/aromatic N) is 3. The summed E-state index contributed by atoms with van der Waals surface area (Å²) in [6, 6.07) is 21.8. The summed E-state index contributed by atoms with van der Waals surface area (Å²) in [6.45, 7) is 2.58. The van der Waals surface area contributed by atoms with Gasteiger partial charge in [0, 0.05) is 41.4 Å². The maximum Gasteiger partial charge on any atom is 0.250 e. The number of primary amides is 1. The maximum absolute atomic E-state index is 11.9. The molecular formula is C27H25N5O2. The zero-order chi connectivity index (χ0) is 23.7. The van der Waals surface area contributed by atoms with Crippen molar-refractivity contribution in [3.63, 3.8) is 0 Å². The summed E-state index contributed by atoms with van der Waals surface area (Å²) in [5.41, 5.74) is 12.3. The van der Waals surface area contributed by atoms with Crippen LogP contribution in [0.2, 0.25) is 0 Å². The molecule has 5 aromatic rings. The van der Waals surface area contributed by atoms with E-state index in [9.17, 15) is 4.79 Å². The Kier molecular flexibility index (Phi) is 5.69. The minimum Gasteiger partial charge on any atom is -0.396 e.